The summed E-state index contributed by atoms with van der Waals surface area (Å²) in [6, 6.07) is 0. The van der Waals surface area contributed by atoms with Gasteiger partial charge in [-0.05, 0) is 12.2 Å². The molecule has 0 amide bonds. The van der Waals surface area contributed by atoms with E-state index in [1.54, 1.807) is 0 Å². The molecule has 0 aliphatic rings. The quantitative estimate of drug-likeness (QED) is 0.404. The van der Waals surface area contributed by atoms with Crippen LogP contribution in [-0.2, 0) is 17.8 Å². The second kappa shape index (κ2) is 6.41. The summed E-state index contributed by atoms with van der Waals surface area (Å²) in [5.41, 5.74) is -0.922. The van der Waals surface area contributed by atoms with E-state index >= 15 is 0 Å². The van der Waals surface area contributed by atoms with Crippen LogP contribution in [0.4, 0.5) is 0 Å². The number of ketones is 1. The SMILES string of the molecule is C=CCn1c(O)c(CC(=O)[C@H](O)CO)c(=O)[nH]c1=S. The number of carbonyl (C=O) groups excluding carboxylic acids is 1. The summed E-state index contributed by atoms with van der Waals surface area (Å²) in [4.78, 5) is 25.4. The number of aromatic amines is 1. The van der Waals surface area contributed by atoms with Crippen LogP contribution in [-0.4, -0.2) is 43.4 Å². The van der Waals surface area contributed by atoms with Gasteiger partial charge in [-0.25, -0.2) is 0 Å². The summed E-state index contributed by atoms with van der Waals surface area (Å²) in [6.45, 7) is 2.89. The summed E-state index contributed by atoms with van der Waals surface area (Å²) in [5.74, 6) is -1.22. The summed E-state index contributed by atoms with van der Waals surface area (Å²) < 4.78 is 1.19. The Bertz CT molecular complexity index is 604. The number of hydrogen-bond acceptors (Lipinski definition) is 6. The predicted octanol–water partition coefficient (Wildman–Crippen LogP) is -0.738. The number of Topliss-reactive ketones (excluding diaryl/α,β-unsaturated/α-hetero) is 1. The van der Waals surface area contributed by atoms with Crippen LogP contribution in [0, 0.1) is 4.77 Å². The van der Waals surface area contributed by atoms with Crippen molar-refractivity contribution < 1.29 is 20.1 Å². The monoisotopic (exact) mass is 286 g/mol. The number of rotatable bonds is 6. The van der Waals surface area contributed by atoms with Gasteiger partial charge < -0.3 is 15.3 Å². The number of aliphatic hydroxyl groups excluding tert-OH is 2. The highest BCUT2D eigenvalue weighted by Crippen LogP contribution is 2.14. The van der Waals surface area contributed by atoms with Gasteiger partial charge in [0.05, 0.1) is 12.2 Å². The Balaban J connectivity index is 3.25. The van der Waals surface area contributed by atoms with Crippen molar-refractivity contribution in [3.8, 4) is 5.88 Å². The zero-order valence-electron chi connectivity index (χ0n) is 10.00. The van der Waals surface area contributed by atoms with Crippen molar-refractivity contribution in [1.82, 2.24) is 9.55 Å². The molecule has 8 heteroatoms. The van der Waals surface area contributed by atoms with Crippen LogP contribution in [0.1, 0.15) is 5.56 Å². The number of aromatic nitrogens is 2. The van der Waals surface area contributed by atoms with Gasteiger partial charge in [0.25, 0.3) is 5.56 Å². The number of H-pyrrole nitrogens is 1. The molecule has 4 N–H and O–H groups in total. The van der Waals surface area contributed by atoms with E-state index in [0.29, 0.717) is 0 Å². The van der Waals surface area contributed by atoms with Crippen molar-refractivity contribution in [2.45, 2.75) is 19.1 Å². The standard InChI is InChI=1S/C11H14N2O5S/c1-2-3-13-10(18)6(9(17)12-11(13)19)4-7(15)8(16)5-14/h2,8,14,16,18H,1,3-5H2,(H,12,17,19)/t8-/m1/s1. The molecule has 0 unspecified atom stereocenters. The molecule has 0 radical (unpaired) electrons. The van der Waals surface area contributed by atoms with E-state index in [4.69, 9.17) is 22.4 Å². The number of nitrogens with one attached hydrogen (secondary N) is 1. The Kier molecular flexibility index (Phi) is 5.16. The lowest BCUT2D eigenvalue weighted by Crippen LogP contribution is -2.29. The first-order valence-electron chi connectivity index (χ1n) is 5.39. The molecule has 7 nitrogen and oxygen atoms in total. The van der Waals surface area contributed by atoms with E-state index < -0.39 is 36.4 Å². The lowest BCUT2D eigenvalue weighted by molar-refractivity contribution is -0.128. The number of carbonyl (C=O) groups is 1. The highest BCUT2D eigenvalue weighted by Gasteiger charge is 2.20. The average Bonchev–Trinajstić information content (AvgIpc) is 2.38. The highest BCUT2D eigenvalue weighted by molar-refractivity contribution is 7.71. The van der Waals surface area contributed by atoms with E-state index in [0.717, 1.165) is 0 Å². The summed E-state index contributed by atoms with van der Waals surface area (Å²) in [6.07, 6.45) is -0.632. The molecule has 0 aliphatic carbocycles. The van der Waals surface area contributed by atoms with E-state index in [1.165, 1.54) is 10.6 Å². The van der Waals surface area contributed by atoms with Crippen LogP contribution >= 0.6 is 12.2 Å². The molecule has 0 saturated heterocycles. The molecule has 0 spiro atoms. The van der Waals surface area contributed by atoms with Gasteiger partial charge in [0.15, 0.2) is 10.6 Å². The van der Waals surface area contributed by atoms with Crippen molar-refractivity contribution in [1.29, 1.82) is 0 Å². The zero-order chi connectivity index (χ0) is 14.6. The third-order valence-electron chi connectivity index (χ3n) is 2.47. The third kappa shape index (κ3) is 3.37. The van der Waals surface area contributed by atoms with E-state index in [1.807, 2.05) is 0 Å². The number of aliphatic hydroxyl groups is 2. The third-order valence-corrected chi connectivity index (χ3v) is 2.80. The molecule has 1 aromatic heterocycles. The Morgan fingerprint density at radius 3 is 2.74 bits per heavy atom. The second-order valence-electron chi connectivity index (χ2n) is 3.80. The summed E-state index contributed by atoms with van der Waals surface area (Å²) >= 11 is 4.87. The molecule has 1 atom stereocenters. The molecule has 1 rings (SSSR count). The van der Waals surface area contributed by atoms with Gasteiger partial charge in [0.1, 0.15) is 6.10 Å². The van der Waals surface area contributed by atoms with Crippen LogP contribution in [0.3, 0.4) is 0 Å². The van der Waals surface area contributed by atoms with Gasteiger partial charge in [-0.2, -0.15) is 0 Å². The number of hydrogen-bond donors (Lipinski definition) is 4. The predicted molar refractivity (Wildman–Crippen MR) is 69.6 cm³/mol. The van der Waals surface area contributed by atoms with Gasteiger partial charge >= 0.3 is 0 Å². The van der Waals surface area contributed by atoms with Crippen molar-refractivity contribution in [3.05, 3.63) is 33.3 Å². The highest BCUT2D eigenvalue weighted by atomic mass is 32.1. The normalized spacial score (nSPS) is 12.1. The summed E-state index contributed by atoms with van der Waals surface area (Å²) in [5, 5.41) is 27.7. The van der Waals surface area contributed by atoms with E-state index in [2.05, 4.69) is 11.6 Å². The summed E-state index contributed by atoms with van der Waals surface area (Å²) in [7, 11) is 0. The number of aromatic hydroxyl groups is 1. The van der Waals surface area contributed by atoms with Crippen molar-refractivity contribution in [2.75, 3.05) is 6.61 Å². The fourth-order valence-electron chi connectivity index (χ4n) is 1.45. The zero-order valence-corrected chi connectivity index (χ0v) is 10.8. The van der Waals surface area contributed by atoms with Gasteiger partial charge in [0, 0.05) is 13.0 Å². The van der Waals surface area contributed by atoms with E-state index in [9.17, 15) is 14.7 Å². The van der Waals surface area contributed by atoms with Crippen LogP contribution in [0.25, 0.3) is 0 Å². The van der Waals surface area contributed by atoms with Gasteiger partial charge in [0.2, 0.25) is 5.88 Å². The molecular weight excluding hydrogens is 272 g/mol. The minimum Gasteiger partial charge on any atom is -0.494 e. The first kappa shape index (κ1) is 15.3. The maximum Gasteiger partial charge on any atom is 0.259 e. The van der Waals surface area contributed by atoms with Crippen LogP contribution in [0.2, 0.25) is 0 Å². The van der Waals surface area contributed by atoms with Crippen LogP contribution in [0.15, 0.2) is 17.4 Å². The largest absolute Gasteiger partial charge is 0.494 e. The maximum atomic E-state index is 11.6. The molecule has 0 aromatic carbocycles. The van der Waals surface area contributed by atoms with Crippen LogP contribution in [0.5, 0.6) is 5.88 Å². The van der Waals surface area contributed by atoms with Crippen molar-refractivity contribution in [3.63, 3.8) is 0 Å². The molecule has 0 bridgehead atoms. The van der Waals surface area contributed by atoms with E-state index in [-0.39, 0.29) is 16.9 Å². The molecule has 0 aliphatic heterocycles. The molecule has 1 heterocycles. The maximum absolute atomic E-state index is 11.6. The Hall–Kier alpha value is -1.77. The molecule has 104 valence electrons. The molecule has 0 fully saturated rings. The van der Waals surface area contributed by atoms with Gasteiger partial charge in [-0.1, -0.05) is 6.08 Å². The molecule has 19 heavy (non-hydrogen) atoms. The fraction of sp³-hybridized carbons (Fsp3) is 0.364. The first-order chi connectivity index (χ1) is 8.92. The smallest absolute Gasteiger partial charge is 0.259 e. The van der Waals surface area contributed by atoms with Gasteiger partial charge in [-0.15, -0.1) is 6.58 Å². The fourth-order valence-corrected chi connectivity index (χ4v) is 1.71. The van der Waals surface area contributed by atoms with Crippen LogP contribution < -0.4 is 5.56 Å². The lowest BCUT2D eigenvalue weighted by Gasteiger charge is -2.11. The van der Waals surface area contributed by atoms with Crippen molar-refractivity contribution in [2.24, 2.45) is 0 Å². The number of allylic oxidation sites excluding steroid dienone is 1. The molecule has 0 saturated carbocycles. The Labute approximate surface area is 113 Å². The topological polar surface area (TPSA) is 116 Å². The minimum atomic E-state index is -1.59. The minimum absolute atomic E-state index is 0.00121. The Morgan fingerprint density at radius 2 is 2.21 bits per heavy atom. The molecule has 1 aromatic rings. The average molecular weight is 286 g/mol. The van der Waals surface area contributed by atoms with Crippen molar-refractivity contribution >= 4 is 18.0 Å². The second-order valence-corrected chi connectivity index (χ2v) is 4.19. The Morgan fingerprint density at radius 1 is 1.58 bits per heavy atom. The number of nitrogens with zero attached hydrogens (tertiary/aromatic N) is 1. The molecular formula is C11H14N2O5S. The lowest BCUT2D eigenvalue weighted by atomic mass is 10.1. The van der Waals surface area contributed by atoms with Gasteiger partial charge in [-0.3, -0.25) is 19.1 Å². The first-order valence-corrected chi connectivity index (χ1v) is 5.80.